The van der Waals surface area contributed by atoms with Gasteiger partial charge in [-0.15, -0.1) is 0 Å². The van der Waals surface area contributed by atoms with Crippen LogP contribution in [-0.4, -0.2) is 18.7 Å². The van der Waals surface area contributed by atoms with Gasteiger partial charge < -0.3 is 9.47 Å². The Kier molecular flexibility index (Phi) is 5.53. The first-order valence-corrected chi connectivity index (χ1v) is 5.97. The fraction of sp³-hybridized carbons (Fsp3) is 0.500. The second kappa shape index (κ2) is 6.94. The van der Waals surface area contributed by atoms with Gasteiger partial charge in [0, 0.05) is 6.42 Å². The van der Waals surface area contributed by atoms with Crippen LogP contribution >= 0.6 is 0 Å². The molecule has 0 N–H and O–H groups in total. The average Bonchev–Trinajstić information content (AvgIpc) is 2.23. The predicted molar refractivity (Wildman–Crippen MR) is 67.1 cm³/mol. The number of carbonyl (C=O) groups is 1. The first-order valence-electron chi connectivity index (χ1n) is 5.97. The molecule has 0 aliphatic rings. The first kappa shape index (κ1) is 13.6. The molecule has 1 aromatic rings. The van der Waals surface area contributed by atoms with E-state index in [2.05, 4.69) is 0 Å². The molecule has 0 saturated heterocycles. The van der Waals surface area contributed by atoms with Crippen molar-refractivity contribution in [3.05, 3.63) is 29.8 Å². The molecule has 0 aliphatic heterocycles. The van der Waals surface area contributed by atoms with E-state index >= 15 is 0 Å². The average molecular weight is 236 g/mol. The van der Waals surface area contributed by atoms with Crippen LogP contribution in [0.3, 0.4) is 0 Å². The van der Waals surface area contributed by atoms with Gasteiger partial charge in [-0.3, -0.25) is 4.79 Å². The zero-order valence-electron chi connectivity index (χ0n) is 10.7. The van der Waals surface area contributed by atoms with E-state index in [1.165, 1.54) is 5.56 Å². The minimum absolute atomic E-state index is 0.0415. The summed E-state index contributed by atoms with van der Waals surface area (Å²) in [6, 6.07) is 7.87. The fourth-order valence-corrected chi connectivity index (χ4v) is 1.43. The molecule has 0 saturated carbocycles. The number of hydrogen-bond donors (Lipinski definition) is 0. The van der Waals surface area contributed by atoms with E-state index in [-0.39, 0.29) is 12.1 Å². The molecule has 0 bridgehead atoms. The van der Waals surface area contributed by atoms with Crippen LogP contribution in [0, 0.1) is 6.92 Å². The molecule has 94 valence electrons. The van der Waals surface area contributed by atoms with Crippen LogP contribution in [0.5, 0.6) is 5.75 Å². The molecule has 0 atom stereocenters. The van der Waals surface area contributed by atoms with Gasteiger partial charge >= 0.3 is 5.97 Å². The van der Waals surface area contributed by atoms with Crippen molar-refractivity contribution in [2.24, 2.45) is 0 Å². The summed E-state index contributed by atoms with van der Waals surface area (Å²) >= 11 is 0. The van der Waals surface area contributed by atoms with Crippen LogP contribution in [-0.2, 0) is 9.53 Å². The normalized spacial score (nSPS) is 10.4. The molecule has 1 rings (SSSR count). The van der Waals surface area contributed by atoms with E-state index in [0.717, 1.165) is 5.75 Å². The summed E-state index contributed by atoms with van der Waals surface area (Å²) in [7, 11) is 0. The number of rotatable bonds is 6. The minimum atomic E-state index is -0.159. The van der Waals surface area contributed by atoms with Crippen molar-refractivity contribution in [2.45, 2.75) is 39.7 Å². The van der Waals surface area contributed by atoms with Crippen molar-refractivity contribution in [1.82, 2.24) is 0 Å². The molecule has 0 amide bonds. The van der Waals surface area contributed by atoms with Crippen molar-refractivity contribution in [3.63, 3.8) is 0 Å². The summed E-state index contributed by atoms with van der Waals surface area (Å²) in [6.45, 7) is 6.26. The Morgan fingerprint density at radius 1 is 1.35 bits per heavy atom. The summed E-state index contributed by atoms with van der Waals surface area (Å²) in [5.41, 5.74) is 1.17. The monoisotopic (exact) mass is 236 g/mol. The number of aryl methyl sites for hydroxylation is 1. The lowest BCUT2D eigenvalue weighted by atomic mass is 10.2. The molecular weight excluding hydrogens is 216 g/mol. The summed E-state index contributed by atoms with van der Waals surface area (Å²) in [5.74, 6) is 0.690. The Balaban J connectivity index is 2.18. The molecule has 0 aromatic heterocycles. The van der Waals surface area contributed by atoms with Crippen LogP contribution in [0.25, 0.3) is 0 Å². The van der Waals surface area contributed by atoms with Gasteiger partial charge in [0.05, 0.1) is 12.7 Å². The molecule has 0 fully saturated rings. The Hall–Kier alpha value is -1.51. The fourth-order valence-electron chi connectivity index (χ4n) is 1.43. The topological polar surface area (TPSA) is 35.5 Å². The number of esters is 1. The lowest BCUT2D eigenvalue weighted by Gasteiger charge is -2.08. The number of carbonyl (C=O) groups excluding carboxylic acids is 1. The van der Waals surface area contributed by atoms with E-state index < -0.39 is 0 Å². The summed E-state index contributed by atoms with van der Waals surface area (Å²) < 4.78 is 10.6. The Morgan fingerprint density at radius 2 is 2.12 bits per heavy atom. The largest absolute Gasteiger partial charge is 0.494 e. The maximum Gasteiger partial charge on any atom is 0.306 e. The highest BCUT2D eigenvalue weighted by Gasteiger charge is 2.04. The van der Waals surface area contributed by atoms with Crippen LogP contribution in [0.2, 0.25) is 0 Å². The lowest BCUT2D eigenvalue weighted by molar-refractivity contribution is -0.147. The third-order valence-electron chi connectivity index (χ3n) is 2.15. The highest BCUT2D eigenvalue weighted by Crippen LogP contribution is 2.12. The molecule has 0 radical (unpaired) electrons. The van der Waals surface area contributed by atoms with E-state index in [1.54, 1.807) is 0 Å². The van der Waals surface area contributed by atoms with Crippen molar-refractivity contribution < 1.29 is 14.3 Å². The van der Waals surface area contributed by atoms with Crippen molar-refractivity contribution in [2.75, 3.05) is 6.61 Å². The molecular formula is C14H20O3. The lowest BCUT2D eigenvalue weighted by Crippen LogP contribution is -2.12. The van der Waals surface area contributed by atoms with Crippen LogP contribution < -0.4 is 4.74 Å². The summed E-state index contributed by atoms with van der Waals surface area (Å²) in [6.07, 6.45) is 1.05. The van der Waals surface area contributed by atoms with Crippen molar-refractivity contribution >= 4 is 5.97 Å². The van der Waals surface area contributed by atoms with Crippen LogP contribution in [0.15, 0.2) is 24.3 Å². The maximum atomic E-state index is 11.2. The molecule has 3 nitrogen and oxygen atoms in total. The van der Waals surface area contributed by atoms with Crippen molar-refractivity contribution in [3.8, 4) is 5.75 Å². The molecule has 0 heterocycles. The Morgan fingerprint density at radius 3 is 2.76 bits per heavy atom. The van der Waals surface area contributed by atoms with Gasteiger partial charge in [0.2, 0.25) is 0 Å². The molecule has 0 unspecified atom stereocenters. The maximum absolute atomic E-state index is 11.2. The van der Waals surface area contributed by atoms with Gasteiger partial charge in [-0.2, -0.15) is 0 Å². The molecule has 3 heteroatoms. The standard InChI is InChI=1S/C14H20O3/c1-11(2)17-14(15)8-5-9-16-13-7-4-6-12(3)10-13/h4,6-7,10-11H,5,8-9H2,1-3H3. The zero-order valence-corrected chi connectivity index (χ0v) is 10.7. The van der Waals surface area contributed by atoms with Gasteiger partial charge in [0.1, 0.15) is 5.75 Å². The smallest absolute Gasteiger partial charge is 0.306 e. The van der Waals surface area contributed by atoms with Gasteiger partial charge in [-0.25, -0.2) is 0 Å². The quantitative estimate of drug-likeness (QED) is 0.562. The zero-order chi connectivity index (χ0) is 12.7. The van der Waals surface area contributed by atoms with E-state index in [0.29, 0.717) is 19.4 Å². The third-order valence-corrected chi connectivity index (χ3v) is 2.15. The second-order valence-corrected chi connectivity index (χ2v) is 4.31. The van der Waals surface area contributed by atoms with Crippen LogP contribution in [0.1, 0.15) is 32.3 Å². The predicted octanol–water partition coefficient (Wildman–Crippen LogP) is 3.11. The molecule has 0 aliphatic carbocycles. The first-order chi connectivity index (χ1) is 8.08. The SMILES string of the molecule is Cc1cccc(OCCCC(=O)OC(C)C)c1. The highest BCUT2D eigenvalue weighted by atomic mass is 16.5. The summed E-state index contributed by atoms with van der Waals surface area (Å²) in [5, 5.41) is 0. The highest BCUT2D eigenvalue weighted by molar-refractivity contribution is 5.69. The Labute approximate surface area is 103 Å². The van der Waals surface area contributed by atoms with Crippen LogP contribution in [0.4, 0.5) is 0 Å². The van der Waals surface area contributed by atoms with E-state index in [4.69, 9.17) is 9.47 Å². The van der Waals surface area contributed by atoms with Gasteiger partial charge in [-0.05, 0) is 44.9 Å². The summed E-state index contributed by atoms with van der Waals surface area (Å²) in [4.78, 5) is 11.2. The number of hydrogen-bond acceptors (Lipinski definition) is 3. The molecule has 1 aromatic carbocycles. The molecule has 0 spiro atoms. The van der Waals surface area contributed by atoms with Gasteiger partial charge in [0.15, 0.2) is 0 Å². The third kappa shape index (κ3) is 5.95. The van der Waals surface area contributed by atoms with Gasteiger partial charge in [-0.1, -0.05) is 12.1 Å². The van der Waals surface area contributed by atoms with Crippen molar-refractivity contribution in [1.29, 1.82) is 0 Å². The number of ether oxygens (including phenoxy) is 2. The minimum Gasteiger partial charge on any atom is -0.494 e. The van der Waals surface area contributed by atoms with Gasteiger partial charge in [0.25, 0.3) is 0 Å². The number of benzene rings is 1. The van der Waals surface area contributed by atoms with E-state index in [9.17, 15) is 4.79 Å². The second-order valence-electron chi connectivity index (χ2n) is 4.31. The Bertz CT molecular complexity index is 358. The molecule has 17 heavy (non-hydrogen) atoms. The van der Waals surface area contributed by atoms with E-state index in [1.807, 2.05) is 45.0 Å².